The van der Waals surface area contributed by atoms with E-state index in [9.17, 15) is 0 Å². The molecule has 64 valence electrons. The zero-order valence-corrected chi connectivity index (χ0v) is 8.06. The van der Waals surface area contributed by atoms with Gasteiger partial charge in [-0.1, -0.05) is 31.9 Å². The van der Waals surface area contributed by atoms with Gasteiger partial charge in [-0.15, -0.1) is 0 Å². The molecule has 0 saturated carbocycles. The summed E-state index contributed by atoms with van der Waals surface area (Å²) in [5.74, 6) is 1.84. The van der Waals surface area contributed by atoms with E-state index in [1.54, 1.807) is 5.57 Å². The van der Waals surface area contributed by atoms with Crippen LogP contribution in [0.15, 0.2) is 11.6 Å². The van der Waals surface area contributed by atoms with E-state index in [2.05, 4.69) is 26.8 Å². The van der Waals surface area contributed by atoms with Crippen molar-refractivity contribution in [3.8, 4) is 0 Å². The fourth-order valence-electron chi connectivity index (χ4n) is 1.86. The van der Waals surface area contributed by atoms with Crippen LogP contribution < -0.4 is 0 Å². The topological polar surface area (TPSA) is 0 Å². The van der Waals surface area contributed by atoms with Crippen molar-refractivity contribution in [1.29, 1.82) is 0 Å². The lowest BCUT2D eigenvalue weighted by Crippen LogP contribution is -2.03. The van der Waals surface area contributed by atoms with Crippen LogP contribution in [-0.2, 0) is 0 Å². The molecule has 11 heavy (non-hydrogen) atoms. The maximum Gasteiger partial charge on any atom is -0.0201 e. The lowest BCUT2D eigenvalue weighted by atomic mass is 9.90. The Balaban J connectivity index is 2.32. The summed E-state index contributed by atoms with van der Waals surface area (Å²) in [4.78, 5) is 0. The Bertz CT molecular complexity index is 144. The van der Waals surface area contributed by atoms with Crippen molar-refractivity contribution in [2.45, 2.75) is 46.5 Å². The highest BCUT2D eigenvalue weighted by molar-refractivity contribution is 5.09. The standard InChI is InChI=1S/C11H20/c1-4-9(2)8-11-7-5-6-10(11)3/h6,9,11H,4-5,7-8H2,1-3H3. The molecule has 0 nitrogen and oxygen atoms in total. The van der Waals surface area contributed by atoms with Gasteiger partial charge >= 0.3 is 0 Å². The molecular weight excluding hydrogens is 132 g/mol. The first-order valence-electron chi connectivity index (χ1n) is 4.90. The summed E-state index contributed by atoms with van der Waals surface area (Å²) in [6, 6.07) is 0. The Morgan fingerprint density at radius 1 is 1.64 bits per heavy atom. The highest BCUT2D eigenvalue weighted by Crippen LogP contribution is 2.31. The third-order valence-corrected chi connectivity index (χ3v) is 3.01. The van der Waals surface area contributed by atoms with Crippen LogP contribution in [0.1, 0.15) is 46.5 Å². The summed E-state index contributed by atoms with van der Waals surface area (Å²) in [5, 5.41) is 0. The minimum Gasteiger partial charge on any atom is -0.0853 e. The fourth-order valence-corrected chi connectivity index (χ4v) is 1.86. The molecule has 1 rings (SSSR count). The number of rotatable bonds is 3. The number of allylic oxidation sites excluding steroid dienone is 2. The van der Waals surface area contributed by atoms with Crippen molar-refractivity contribution in [3.63, 3.8) is 0 Å². The van der Waals surface area contributed by atoms with Crippen LogP contribution in [0.5, 0.6) is 0 Å². The second-order valence-corrected chi connectivity index (χ2v) is 3.97. The molecule has 0 radical (unpaired) electrons. The molecule has 0 saturated heterocycles. The minimum absolute atomic E-state index is 0.918. The molecule has 0 N–H and O–H groups in total. The molecule has 0 amide bonds. The quantitative estimate of drug-likeness (QED) is 0.540. The molecule has 0 heterocycles. The Labute approximate surface area is 70.7 Å². The molecule has 1 aliphatic rings. The summed E-state index contributed by atoms with van der Waals surface area (Å²) in [5.41, 5.74) is 1.64. The van der Waals surface area contributed by atoms with Gasteiger partial charge in [0.05, 0.1) is 0 Å². The molecule has 0 aromatic carbocycles. The maximum atomic E-state index is 2.41. The molecular formula is C11H20. The van der Waals surface area contributed by atoms with Crippen molar-refractivity contribution in [2.75, 3.05) is 0 Å². The van der Waals surface area contributed by atoms with E-state index in [4.69, 9.17) is 0 Å². The van der Waals surface area contributed by atoms with E-state index in [0.717, 1.165) is 11.8 Å². The summed E-state index contributed by atoms with van der Waals surface area (Å²) >= 11 is 0. The average molecular weight is 152 g/mol. The van der Waals surface area contributed by atoms with E-state index in [1.807, 2.05) is 0 Å². The van der Waals surface area contributed by atoms with E-state index in [-0.39, 0.29) is 0 Å². The zero-order valence-electron chi connectivity index (χ0n) is 8.06. The number of hydrogen-bond donors (Lipinski definition) is 0. The Morgan fingerprint density at radius 3 is 2.82 bits per heavy atom. The van der Waals surface area contributed by atoms with Gasteiger partial charge in [0.2, 0.25) is 0 Å². The molecule has 1 aliphatic carbocycles. The maximum absolute atomic E-state index is 2.41. The molecule has 0 heteroatoms. The predicted molar refractivity (Wildman–Crippen MR) is 50.6 cm³/mol. The van der Waals surface area contributed by atoms with Crippen molar-refractivity contribution in [2.24, 2.45) is 11.8 Å². The second-order valence-electron chi connectivity index (χ2n) is 3.97. The van der Waals surface area contributed by atoms with E-state index in [0.29, 0.717) is 0 Å². The van der Waals surface area contributed by atoms with Gasteiger partial charge in [0.1, 0.15) is 0 Å². The normalized spacial score (nSPS) is 26.8. The lowest BCUT2D eigenvalue weighted by Gasteiger charge is -2.15. The van der Waals surface area contributed by atoms with E-state index < -0.39 is 0 Å². The summed E-state index contributed by atoms with van der Waals surface area (Å²) in [7, 11) is 0. The van der Waals surface area contributed by atoms with Crippen molar-refractivity contribution in [3.05, 3.63) is 11.6 Å². The summed E-state index contributed by atoms with van der Waals surface area (Å²) in [6.07, 6.45) is 7.90. The highest BCUT2D eigenvalue weighted by atomic mass is 14.2. The largest absolute Gasteiger partial charge is 0.0853 e. The van der Waals surface area contributed by atoms with Gasteiger partial charge in [-0.2, -0.15) is 0 Å². The van der Waals surface area contributed by atoms with E-state index in [1.165, 1.54) is 25.7 Å². The SMILES string of the molecule is CCC(C)CC1CCC=C1C. The van der Waals surface area contributed by atoms with Gasteiger partial charge in [-0.05, 0) is 38.0 Å². The minimum atomic E-state index is 0.918. The third-order valence-electron chi connectivity index (χ3n) is 3.01. The van der Waals surface area contributed by atoms with Crippen LogP contribution in [0.3, 0.4) is 0 Å². The van der Waals surface area contributed by atoms with Gasteiger partial charge < -0.3 is 0 Å². The fraction of sp³-hybridized carbons (Fsp3) is 0.818. The lowest BCUT2D eigenvalue weighted by molar-refractivity contribution is 0.419. The number of hydrogen-bond acceptors (Lipinski definition) is 0. The van der Waals surface area contributed by atoms with Gasteiger partial charge in [0, 0.05) is 0 Å². The van der Waals surface area contributed by atoms with Gasteiger partial charge in [0.25, 0.3) is 0 Å². The van der Waals surface area contributed by atoms with Crippen LogP contribution in [-0.4, -0.2) is 0 Å². The van der Waals surface area contributed by atoms with Gasteiger partial charge in [-0.25, -0.2) is 0 Å². The van der Waals surface area contributed by atoms with Crippen LogP contribution in [0, 0.1) is 11.8 Å². The first kappa shape index (κ1) is 8.83. The third kappa shape index (κ3) is 2.36. The highest BCUT2D eigenvalue weighted by Gasteiger charge is 2.17. The molecule has 0 aromatic heterocycles. The first-order valence-corrected chi connectivity index (χ1v) is 4.90. The Kier molecular flexibility index (Phi) is 3.16. The molecule has 0 aliphatic heterocycles. The van der Waals surface area contributed by atoms with Gasteiger partial charge in [-0.3, -0.25) is 0 Å². The van der Waals surface area contributed by atoms with Crippen LogP contribution in [0.25, 0.3) is 0 Å². The molecule has 0 aromatic rings. The van der Waals surface area contributed by atoms with Gasteiger partial charge in [0.15, 0.2) is 0 Å². The van der Waals surface area contributed by atoms with Crippen molar-refractivity contribution < 1.29 is 0 Å². The summed E-state index contributed by atoms with van der Waals surface area (Å²) in [6.45, 7) is 6.95. The molecule has 2 atom stereocenters. The Morgan fingerprint density at radius 2 is 2.36 bits per heavy atom. The van der Waals surface area contributed by atoms with Crippen LogP contribution in [0.2, 0.25) is 0 Å². The van der Waals surface area contributed by atoms with Crippen LogP contribution >= 0.6 is 0 Å². The molecule has 0 spiro atoms. The van der Waals surface area contributed by atoms with Crippen molar-refractivity contribution >= 4 is 0 Å². The van der Waals surface area contributed by atoms with Crippen LogP contribution in [0.4, 0.5) is 0 Å². The Hall–Kier alpha value is -0.260. The van der Waals surface area contributed by atoms with E-state index >= 15 is 0 Å². The van der Waals surface area contributed by atoms with Crippen molar-refractivity contribution in [1.82, 2.24) is 0 Å². The second kappa shape index (κ2) is 3.94. The average Bonchev–Trinajstić information content (AvgIpc) is 2.37. The summed E-state index contributed by atoms with van der Waals surface area (Å²) < 4.78 is 0. The first-order chi connectivity index (χ1) is 5.24. The predicted octanol–water partition coefficient (Wildman–Crippen LogP) is 3.78. The molecule has 0 fully saturated rings. The molecule has 2 unspecified atom stereocenters. The zero-order chi connectivity index (χ0) is 8.27. The molecule has 0 bridgehead atoms. The monoisotopic (exact) mass is 152 g/mol. The smallest absolute Gasteiger partial charge is 0.0201 e.